The van der Waals surface area contributed by atoms with Crippen LogP contribution in [-0.2, 0) is 13.5 Å². The van der Waals surface area contributed by atoms with Crippen LogP contribution in [0.5, 0.6) is 0 Å². The van der Waals surface area contributed by atoms with Gasteiger partial charge in [-0.1, -0.05) is 30.3 Å². The molecule has 25 heavy (non-hydrogen) atoms. The molecule has 2 aromatic heterocycles. The number of nitrogens with one attached hydrogen (secondary N) is 1. The number of Topliss-reactive ketones (excluding diaryl/α,β-unsaturated/α-hetero) is 1. The van der Waals surface area contributed by atoms with E-state index >= 15 is 0 Å². The normalized spacial score (nSPS) is 17.3. The van der Waals surface area contributed by atoms with Crippen molar-refractivity contribution in [3.05, 3.63) is 59.9 Å². The van der Waals surface area contributed by atoms with Gasteiger partial charge < -0.3 is 9.55 Å². The van der Waals surface area contributed by atoms with Gasteiger partial charge in [0, 0.05) is 36.0 Å². The van der Waals surface area contributed by atoms with Gasteiger partial charge in [0.15, 0.2) is 5.78 Å². The lowest BCUT2D eigenvalue weighted by Crippen LogP contribution is -2.24. The summed E-state index contributed by atoms with van der Waals surface area (Å²) in [6, 6.07) is 16.1. The number of nitrogens with zero attached hydrogens (tertiary/aromatic N) is 2. The molecular formula is C20H17N3OS. The van der Waals surface area contributed by atoms with Gasteiger partial charge in [-0.05, 0) is 18.2 Å². The lowest BCUT2D eigenvalue weighted by atomic mass is 9.95. The van der Waals surface area contributed by atoms with Crippen molar-refractivity contribution in [2.45, 2.75) is 11.4 Å². The molecule has 124 valence electrons. The number of thioether (sulfide) groups is 1. The molecule has 5 heteroatoms. The average Bonchev–Trinajstić information content (AvgIpc) is 3.17. The molecule has 0 fully saturated rings. The first-order chi connectivity index (χ1) is 12.2. The molecule has 1 unspecified atom stereocenters. The first-order valence-corrected chi connectivity index (χ1v) is 9.39. The molecular weight excluding hydrogens is 330 g/mol. The van der Waals surface area contributed by atoms with Gasteiger partial charge in [0.1, 0.15) is 5.82 Å². The first-order valence-electron chi connectivity index (χ1n) is 8.40. The number of para-hydroxylation sites is 3. The second kappa shape index (κ2) is 5.49. The van der Waals surface area contributed by atoms with E-state index in [1.807, 2.05) is 43.4 Å². The lowest BCUT2D eigenvalue weighted by molar-refractivity contribution is 0.0926. The Kier molecular flexibility index (Phi) is 3.25. The molecule has 4 nitrogen and oxygen atoms in total. The fourth-order valence-corrected chi connectivity index (χ4v) is 5.00. The Hall–Kier alpha value is -2.53. The highest BCUT2D eigenvalue weighted by atomic mass is 32.2. The topological polar surface area (TPSA) is 50.7 Å². The number of H-pyrrole nitrogens is 1. The molecule has 1 aliphatic rings. The van der Waals surface area contributed by atoms with Gasteiger partial charge in [0.05, 0.1) is 21.6 Å². The van der Waals surface area contributed by atoms with E-state index in [1.54, 1.807) is 11.8 Å². The Morgan fingerprint density at radius 2 is 2.00 bits per heavy atom. The highest BCUT2D eigenvalue weighted by molar-refractivity contribution is 7.99. The van der Waals surface area contributed by atoms with Crippen molar-refractivity contribution in [1.29, 1.82) is 0 Å². The van der Waals surface area contributed by atoms with Crippen molar-refractivity contribution in [2.24, 2.45) is 13.0 Å². The molecule has 1 aliphatic heterocycles. The first kappa shape index (κ1) is 14.8. The van der Waals surface area contributed by atoms with Crippen LogP contribution < -0.4 is 0 Å². The molecule has 5 rings (SSSR count). The van der Waals surface area contributed by atoms with Crippen LogP contribution in [0.15, 0.2) is 53.6 Å². The molecule has 0 spiro atoms. The van der Waals surface area contributed by atoms with Crippen LogP contribution in [0.4, 0.5) is 0 Å². The summed E-state index contributed by atoms with van der Waals surface area (Å²) < 4.78 is 2.14. The third kappa shape index (κ3) is 2.23. The van der Waals surface area contributed by atoms with Crippen LogP contribution in [0.25, 0.3) is 21.9 Å². The van der Waals surface area contributed by atoms with Gasteiger partial charge in [-0.2, -0.15) is 0 Å². The van der Waals surface area contributed by atoms with Crippen LogP contribution in [0, 0.1) is 5.92 Å². The van der Waals surface area contributed by atoms with Gasteiger partial charge >= 0.3 is 0 Å². The molecule has 2 aromatic carbocycles. The number of aromatic nitrogens is 3. The fraction of sp³-hybridized carbons (Fsp3) is 0.200. The summed E-state index contributed by atoms with van der Waals surface area (Å²) >= 11 is 1.78. The molecule has 1 N–H and O–H groups in total. The van der Waals surface area contributed by atoms with Crippen molar-refractivity contribution < 1.29 is 4.79 Å². The number of aromatic amines is 1. The number of ketones is 1. The van der Waals surface area contributed by atoms with Gasteiger partial charge in [0.25, 0.3) is 0 Å². The average molecular weight is 347 g/mol. The van der Waals surface area contributed by atoms with Crippen LogP contribution in [-0.4, -0.2) is 26.1 Å². The number of rotatable bonds is 2. The summed E-state index contributed by atoms with van der Waals surface area (Å²) in [5.41, 5.74) is 3.99. The zero-order chi connectivity index (χ0) is 17.0. The summed E-state index contributed by atoms with van der Waals surface area (Å²) in [5, 5.41) is 2.15. The Bertz CT molecular complexity index is 1090. The van der Waals surface area contributed by atoms with Gasteiger partial charge in [-0.15, -0.1) is 11.8 Å². The van der Waals surface area contributed by atoms with E-state index in [0.29, 0.717) is 6.42 Å². The van der Waals surface area contributed by atoms with Gasteiger partial charge in [0.2, 0.25) is 0 Å². The molecule has 0 bridgehead atoms. The summed E-state index contributed by atoms with van der Waals surface area (Å²) in [5.74, 6) is 1.89. The second-order valence-corrected chi connectivity index (χ2v) is 7.54. The molecule has 0 aliphatic carbocycles. The van der Waals surface area contributed by atoms with Crippen LogP contribution in [0.3, 0.4) is 0 Å². The van der Waals surface area contributed by atoms with Crippen molar-refractivity contribution in [3.63, 3.8) is 0 Å². The van der Waals surface area contributed by atoms with Crippen molar-refractivity contribution in [3.8, 4) is 0 Å². The van der Waals surface area contributed by atoms with E-state index in [9.17, 15) is 4.79 Å². The maximum absolute atomic E-state index is 13.2. The standard InChI is InChI=1S/C20H17N3OS/c1-23-16-9-5-2-6-13(16)18-19(24)12(11-25-20(18)23)10-17-21-14-7-3-4-8-15(14)22-17/h2-9,12H,10-11H2,1H3,(H,21,22). The predicted octanol–water partition coefficient (Wildman–Crippen LogP) is 4.20. The third-order valence-electron chi connectivity index (χ3n) is 4.97. The third-order valence-corrected chi connectivity index (χ3v) is 6.29. The summed E-state index contributed by atoms with van der Waals surface area (Å²) in [6.07, 6.45) is 0.656. The summed E-state index contributed by atoms with van der Waals surface area (Å²) in [7, 11) is 2.04. The monoisotopic (exact) mass is 347 g/mol. The van der Waals surface area contributed by atoms with E-state index in [-0.39, 0.29) is 11.7 Å². The Balaban J connectivity index is 1.53. The zero-order valence-corrected chi connectivity index (χ0v) is 14.6. The maximum Gasteiger partial charge on any atom is 0.170 e. The van der Waals surface area contributed by atoms with Crippen molar-refractivity contribution in [2.75, 3.05) is 5.75 Å². The molecule has 0 radical (unpaired) electrons. The van der Waals surface area contributed by atoms with Crippen LogP contribution >= 0.6 is 11.8 Å². The summed E-state index contributed by atoms with van der Waals surface area (Å²) in [4.78, 5) is 21.2. The second-order valence-electron chi connectivity index (χ2n) is 6.53. The molecule has 0 saturated carbocycles. The Morgan fingerprint density at radius 1 is 1.20 bits per heavy atom. The van der Waals surface area contributed by atoms with E-state index in [4.69, 9.17) is 0 Å². The van der Waals surface area contributed by atoms with E-state index in [1.165, 1.54) is 0 Å². The Morgan fingerprint density at radius 3 is 2.88 bits per heavy atom. The number of imidazole rings is 1. The zero-order valence-electron chi connectivity index (χ0n) is 13.8. The van der Waals surface area contributed by atoms with Gasteiger partial charge in [-0.25, -0.2) is 4.98 Å². The smallest absolute Gasteiger partial charge is 0.170 e. The van der Waals surface area contributed by atoms with E-state index < -0.39 is 0 Å². The van der Waals surface area contributed by atoms with Gasteiger partial charge in [-0.3, -0.25) is 4.79 Å². The largest absolute Gasteiger partial charge is 0.342 e. The van der Waals surface area contributed by atoms with Crippen molar-refractivity contribution in [1.82, 2.24) is 14.5 Å². The quantitative estimate of drug-likeness (QED) is 0.591. The number of fused-ring (bicyclic) bond motifs is 4. The Labute approximate surface area is 149 Å². The summed E-state index contributed by atoms with van der Waals surface area (Å²) in [6.45, 7) is 0. The van der Waals surface area contributed by atoms with E-state index in [0.717, 1.165) is 44.1 Å². The molecule has 4 aromatic rings. The van der Waals surface area contributed by atoms with E-state index in [2.05, 4.69) is 26.7 Å². The maximum atomic E-state index is 13.2. The number of carbonyl (C=O) groups excluding carboxylic acids is 1. The minimum absolute atomic E-state index is 0.0381. The number of carbonyl (C=O) groups is 1. The number of benzene rings is 2. The highest BCUT2D eigenvalue weighted by Gasteiger charge is 2.33. The van der Waals surface area contributed by atoms with Crippen LogP contribution in [0.2, 0.25) is 0 Å². The molecule has 0 saturated heterocycles. The molecule has 3 heterocycles. The fourth-order valence-electron chi connectivity index (χ4n) is 3.72. The highest BCUT2D eigenvalue weighted by Crippen LogP contribution is 2.40. The van der Waals surface area contributed by atoms with Crippen molar-refractivity contribution >= 4 is 39.5 Å². The number of hydrogen-bond acceptors (Lipinski definition) is 3. The molecule has 0 amide bonds. The lowest BCUT2D eigenvalue weighted by Gasteiger charge is -2.20. The molecule has 1 atom stereocenters. The number of hydrogen-bond donors (Lipinski definition) is 1. The minimum atomic E-state index is -0.0381. The minimum Gasteiger partial charge on any atom is -0.342 e. The number of aryl methyl sites for hydroxylation is 1. The SMILES string of the molecule is Cn1c2c(c3ccccc31)C(=O)C(Cc1nc3ccccc3[nH]1)CS2. The van der Waals surface area contributed by atoms with Crippen LogP contribution in [0.1, 0.15) is 16.2 Å². The predicted molar refractivity (Wildman–Crippen MR) is 101 cm³/mol.